The molecule has 1 aliphatic rings. The molecule has 1 aliphatic heterocycles. The third-order valence-electron chi connectivity index (χ3n) is 3.80. The number of carbonyl (C=O) groups is 1. The summed E-state index contributed by atoms with van der Waals surface area (Å²) in [6, 6.07) is 11.7. The van der Waals surface area contributed by atoms with Gasteiger partial charge in [-0.1, -0.05) is 30.3 Å². The van der Waals surface area contributed by atoms with Crippen LogP contribution in [0.3, 0.4) is 0 Å². The molecule has 104 valence electrons. The molecule has 2 N–H and O–H groups in total. The lowest BCUT2D eigenvalue weighted by Crippen LogP contribution is -2.28. The number of benzene rings is 2. The van der Waals surface area contributed by atoms with Crippen molar-refractivity contribution in [2.75, 3.05) is 19.6 Å². The van der Waals surface area contributed by atoms with Crippen molar-refractivity contribution in [3.63, 3.8) is 0 Å². The molecule has 2 aromatic rings. The van der Waals surface area contributed by atoms with Gasteiger partial charge in [0, 0.05) is 38.2 Å². The summed E-state index contributed by atoms with van der Waals surface area (Å²) >= 11 is 0. The van der Waals surface area contributed by atoms with Gasteiger partial charge in [-0.15, -0.1) is 0 Å². The monoisotopic (exact) mass is 270 g/mol. The largest absolute Gasteiger partial charge is 0.508 e. The van der Waals surface area contributed by atoms with Gasteiger partial charge in [-0.3, -0.25) is 9.69 Å². The minimum atomic E-state index is 0.106. The first-order chi connectivity index (χ1) is 9.74. The number of phenols is 1. The lowest BCUT2D eigenvalue weighted by Gasteiger charge is -2.20. The maximum atomic E-state index is 11.4. The first-order valence-corrected chi connectivity index (χ1v) is 6.93. The second-order valence-corrected chi connectivity index (χ2v) is 5.16. The molecule has 0 saturated carbocycles. The second kappa shape index (κ2) is 5.51. The van der Waals surface area contributed by atoms with E-state index in [1.807, 2.05) is 30.3 Å². The van der Waals surface area contributed by atoms with Crippen molar-refractivity contribution in [2.45, 2.75) is 13.0 Å². The van der Waals surface area contributed by atoms with Crippen LogP contribution in [0.5, 0.6) is 5.75 Å². The molecule has 20 heavy (non-hydrogen) atoms. The number of phenolic OH excluding ortho intramolecular Hbond substituents is 1. The van der Waals surface area contributed by atoms with Gasteiger partial charge in [0.2, 0.25) is 5.91 Å². The Morgan fingerprint density at radius 2 is 2.00 bits per heavy atom. The highest BCUT2D eigenvalue weighted by atomic mass is 16.3. The van der Waals surface area contributed by atoms with Crippen molar-refractivity contribution in [3.05, 3.63) is 42.0 Å². The molecule has 1 fully saturated rings. The first kappa shape index (κ1) is 12.9. The number of hydrogen-bond acceptors (Lipinski definition) is 3. The number of nitrogens with one attached hydrogen (secondary N) is 1. The summed E-state index contributed by atoms with van der Waals surface area (Å²) in [5.74, 6) is 0.432. The SMILES string of the molecule is O=C1CCN(Cc2c(O)ccc3ccccc23)CCN1. The van der Waals surface area contributed by atoms with Gasteiger partial charge >= 0.3 is 0 Å². The van der Waals surface area contributed by atoms with Gasteiger partial charge in [0.1, 0.15) is 5.75 Å². The minimum absolute atomic E-state index is 0.106. The van der Waals surface area contributed by atoms with Gasteiger partial charge < -0.3 is 10.4 Å². The zero-order valence-corrected chi connectivity index (χ0v) is 11.3. The molecule has 4 nitrogen and oxygen atoms in total. The molecule has 0 radical (unpaired) electrons. The van der Waals surface area contributed by atoms with E-state index in [2.05, 4.69) is 10.2 Å². The van der Waals surface area contributed by atoms with Gasteiger partial charge in [-0.25, -0.2) is 0 Å². The van der Waals surface area contributed by atoms with E-state index < -0.39 is 0 Å². The van der Waals surface area contributed by atoms with Crippen molar-refractivity contribution < 1.29 is 9.90 Å². The Morgan fingerprint density at radius 3 is 2.90 bits per heavy atom. The molecule has 1 amide bonds. The van der Waals surface area contributed by atoms with Crippen molar-refractivity contribution in [1.29, 1.82) is 0 Å². The van der Waals surface area contributed by atoms with Crippen LogP contribution in [0.4, 0.5) is 0 Å². The van der Waals surface area contributed by atoms with Crippen LogP contribution < -0.4 is 5.32 Å². The minimum Gasteiger partial charge on any atom is -0.508 e. The molecule has 0 aromatic heterocycles. The van der Waals surface area contributed by atoms with E-state index in [1.54, 1.807) is 6.07 Å². The Labute approximate surface area is 118 Å². The number of carbonyl (C=O) groups excluding carboxylic acids is 1. The maximum Gasteiger partial charge on any atom is 0.221 e. The van der Waals surface area contributed by atoms with Crippen LogP contribution in [0.1, 0.15) is 12.0 Å². The molecule has 0 unspecified atom stereocenters. The molecule has 1 heterocycles. The zero-order valence-electron chi connectivity index (χ0n) is 11.3. The van der Waals surface area contributed by atoms with Gasteiger partial charge in [-0.2, -0.15) is 0 Å². The van der Waals surface area contributed by atoms with Crippen molar-refractivity contribution in [1.82, 2.24) is 10.2 Å². The molecule has 0 aliphatic carbocycles. The molecule has 1 saturated heterocycles. The van der Waals surface area contributed by atoms with Crippen LogP contribution in [0, 0.1) is 0 Å². The fourth-order valence-electron chi connectivity index (χ4n) is 2.69. The van der Waals surface area contributed by atoms with Crippen LogP contribution in [0.15, 0.2) is 36.4 Å². The number of aromatic hydroxyl groups is 1. The highest BCUT2D eigenvalue weighted by Crippen LogP contribution is 2.28. The Balaban J connectivity index is 1.90. The van der Waals surface area contributed by atoms with E-state index in [4.69, 9.17) is 0 Å². The van der Waals surface area contributed by atoms with Crippen LogP contribution >= 0.6 is 0 Å². The van der Waals surface area contributed by atoms with E-state index in [0.29, 0.717) is 25.3 Å². The van der Waals surface area contributed by atoms with Crippen LogP contribution in [0.25, 0.3) is 10.8 Å². The maximum absolute atomic E-state index is 11.4. The molecule has 3 rings (SSSR count). The number of hydrogen-bond donors (Lipinski definition) is 2. The Morgan fingerprint density at radius 1 is 1.15 bits per heavy atom. The van der Waals surface area contributed by atoms with Crippen molar-refractivity contribution >= 4 is 16.7 Å². The average Bonchev–Trinajstić information content (AvgIpc) is 2.67. The highest BCUT2D eigenvalue weighted by Gasteiger charge is 2.16. The smallest absolute Gasteiger partial charge is 0.221 e. The summed E-state index contributed by atoms with van der Waals surface area (Å²) in [5, 5.41) is 15.2. The first-order valence-electron chi connectivity index (χ1n) is 6.93. The van der Waals surface area contributed by atoms with Gasteiger partial charge in [0.15, 0.2) is 0 Å². The normalized spacial score (nSPS) is 16.9. The molecule has 0 atom stereocenters. The predicted molar refractivity (Wildman–Crippen MR) is 78.5 cm³/mol. The predicted octanol–water partition coefficient (Wildman–Crippen LogP) is 1.87. The molecular formula is C16H18N2O2. The van der Waals surface area contributed by atoms with Gasteiger partial charge in [0.05, 0.1) is 0 Å². The zero-order chi connectivity index (χ0) is 13.9. The fraction of sp³-hybridized carbons (Fsp3) is 0.312. The lowest BCUT2D eigenvalue weighted by atomic mass is 10.0. The topological polar surface area (TPSA) is 52.6 Å². The standard InChI is InChI=1S/C16H18N2O2/c19-15-6-5-12-3-1-2-4-13(12)14(15)11-18-9-7-16(20)17-8-10-18/h1-6,19H,7-11H2,(H,17,20). The number of rotatable bonds is 2. The molecule has 2 aromatic carbocycles. The summed E-state index contributed by atoms with van der Waals surface area (Å²) < 4.78 is 0. The van der Waals surface area contributed by atoms with Crippen molar-refractivity contribution in [3.8, 4) is 5.75 Å². The van der Waals surface area contributed by atoms with E-state index in [1.165, 1.54) is 0 Å². The number of fused-ring (bicyclic) bond motifs is 1. The Bertz CT molecular complexity index is 639. The summed E-state index contributed by atoms with van der Waals surface area (Å²) in [6.07, 6.45) is 0.519. The number of nitrogens with zero attached hydrogens (tertiary/aromatic N) is 1. The highest BCUT2D eigenvalue weighted by molar-refractivity contribution is 5.87. The van der Waals surface area contributed by atoms with Crippen LogP contribution in [0.2, 0.25) is 0 Å². The number of amides is 1. The summed E-state index contributed by atoms with van der Waals surface area (Å²) in [6.45, 7) is 2.88. The second-order valence-electron chi connectivity index (χ2n) is 5.16. The third-order valence-corrected chi connectivity index (χ3v) is 3.80. The quantitative estimate of drug-likeness (QED) is 0.876. The summed E-state index contributed by atoms with van der Waals surface area (Å²) in [7, 11) is 0. The third kappa shape index (κ3) is 2.60. The Hall–Kier alpha value is -2.07. The van der Waals surface area contributed by atoms with Crippen molar-refractivity contribution in [2.24, 2.45) is 0 Å². The average molecular weight is 270 g/mol. The van der Waals surface area contributed by atoms with E-state index >= 15 is 0 Å². The lowest BCUT2D eigenvalue weighted by molar-refractivity contribution is -0.120. The fourth-order valence-corrected chi connectivity index (χ4v) is 2.69. The van der Waals surface area contributed by atoms with Gasteiger partial charge in [-0.05, 0) is 16.8 Å². The summed E-state index contributed by atoms with van der Waals surface area (Å²) in [5.41, 5.74) is 0.942. The summed E-state index contributed by atoms with van der Waals surface area (Å²) in [4.78, 5) is 13.6. The van der Waals surface area contributed by atoms with E-state index in [9.17, 15) is 9.90 Å². The molecule has 0 bridgehead atoms. The Kier molecular flexibility index (Phi) is 3.56. The van der Waals surface area contributed by atoms with E-state index in [-0.39, 0.29) is 5.91 Å². The van der Waals surface area contributed by atoms with E-state index in [0.717, 1.165) is 29.4 Å². The van der Waals surface area contributed by atoms with Gasteiger partial charge in [0.25, 0.3) is 0 Å². The van der Waals surface area contributed by atoms with Crippen LogP contribution in [-0.2, 0) is 11.3 Å². The molecular weight excluding hydrogens is 252 g/mol. The molecule has 0 spiro atoms. The molecule has 4 heteroatoms. The van der Waals surface area contributed by atoms with Crippen LogP contribution in [-0.4, -0.2) is 35.5 Å².